The van der Waals surface area contributed by atoms with Crippen molar-refractivity contribution >= 4 is 5.91 Å². The van der Waals surface area contributed by atoms with Crippen molar-refractivity contribution in [1.82, 2.24) is 20.1 Å². The monoisotopic (exact) mass is 337 g/mol. The van der Waals surface area contributed by atoms with Crippen LogP contribution in [0, 0.1) is 0 Å². The summed E-state index contributed by atoms with van der Waals surface area (Å²) >= 11 is 0. The maximum Gasteiger partial charge on any atom is 0.275 e. The van der Waals surface area contributed by atoms with Crippen LogP contribution < -0.4 is 5.73 Å². The topological polar surface area (TPSA) is 101 Å². The van der Waals surface area contributed by atoms with E-state index in [1.54, 1.807) is 4.90 Å². The highest BCUT2D eigenvalue weighted by molar-refractivity contribution is 5.92. The van der Waals surface area contributed by atoms with Crippen LogP contribution in [0.4, 0.5) is 0 Å². The molecule has 0 radical (unpaired) electrons. The van der Waals surface area contributed by atoms with Crippen LogP contribution in [0.2, 0.25) is 0 Å². The lowest BCUT2D eigenvalue weighted by Gasteiger charge is -2.18. The number of H-pyrrole nitrogens is 1. The Morgan fingerprint density at radius 2 is 2.04 bits per heavy atom. The molecule has 1 amide bonds. The van der Waals surface area contributed by atoms with Crippen LogP contribution in [0.15, 0.2) is 41.0 Å². The van der Waals surface area contributed by atoms with Crippen molar-refractivity contribution in [2.45, 2.75) is 19.4 Å². The van der Waals surface area contributed by atoms with Gasteiger partial charge in [0.2, 0.25) is 5.89 Å². The molecule has 0 fully saturated rings. The summed E-state index contributed by atoms with van der Waals surface area (Å²) in [6.07, 6.45) is 2.87. The van der Waals surface area contributed by atoms with Gasteiger partial charge in [-0.05, 0) is 6.42 Å². The summed E-state index contributed by atoms with van der Waals surface area (Å²) < 4.78 is 5.18. The Morgan fingerprint density at radius 1 is 1.24 bits per heavy atom. The van der Waals surface area contributed by atoms with Crippen molar-refractivity contribution in [2.75, 3.05) is 13.1 Å². The fourth-order valence-corrected chi connectivity index (χ4v) is 3.19. The lowest BCUT2D eigenvalue weighted by Crippen LogP contribution is -2.33. The van der Waals surface area contributed by atoms with E-state index in [2.05, 4.69) is 15.2 Å². The molecule has 7 nitrogen and oxygen atoms in total. The molecule has 4 rings (SSSR count). The number of amides is 1. The summed E-state index contributed by atoms with van der Waals surface area (Å²) in [5.41, 5.74) is 10.1. The van der Waals surface area contributed by atoms with Crippen LogP contribution in [0.25, 0.3) is 11.3 Å². The third-order valence-corrected chi connectivity index (χ3v) is 4.50. The van der Waals surface area contributed by atoms with E-state index < -0.39 is 0 Å². The van der Waals surface area contributed by atoms with Gasteiger partial charge in [-0.25, -0.2) is 4.98 Å². The van der Waals surface area contributed by atoms with Gasteiger partial charge in [0.15, 0.2) is 5.69 Å². The number of nitrogens with two attached hydrogens (primary N) is 1. The Kier molecular flexibility index (Phi) is 4.07. The number of hydrogen-bond donors (Lipinski definition) is 2. The predicted octanol–water partition coefficient (Wildman–Crippen LogP) is 1.76. The molecule has 0 unspecified atom stereocenters. The quantitative estimate of drug-likeness (QED) is 0.758. The Labute approximate surface area is 144 Å². The zero-order valence-corrected chi connectivity index (χ0v) is 13.7. The van der Waals surface area contributed by atoms with E-state index in [0.717, 1.165) is 29.8 Å². The number of oxazole rings is 1. The molecule has 3 heterocycles. The van der Waals surface area contributed by atoms with Gasteiger partial charge >= 0.3 is 0 Å². The van der Waals surface area contributed by atoms with Gasteiger partial charge in [-0.15, -0.1) is 0 Å². The third kappa shape index (κ3) is 2.94. The van der Waals surface area contributed by atoms with E-state index in [-0.39, 0.29) is 12.5 Å². The molecule has 1 aliphatic heterocycles. The second-order valence-corrected chi connectivity index (χ2v) is 6.02. The standard InChI is InChI=1S/C18H19N5O2/c19-10-16-20-15(11-25-16)18(24)23-8-6-13-14(7-9-23)21-22-17(13)12-4-2-1-3-5-12/h1-5,11H,6-10,19H2,(H,21,22). The number of aromatic nitrogens is 3. The molecule has 128 valence electrons. The van der Waals surface area contributed by atoms with Crippen LogP contribution in [0.1, 0.15) is 27.6 Å². The second-order valence-electron chi connectivity index (χ2n) is 6.02. The van der Waals surface area contributed by atoms with E-state index in [9.17, 15) is 4.79 Å². The lowest BCUT2D eigenvalue weighted by molar-refractivity contribution is 0.0757. The molecular formula is C18H19N5O2. The summed E-state index contributed by atoms with van der Waals surface area (Å²) in [6, 6.07) is 10.1. The van der Waals surface area contributed by atoms with Crippen LogP contribution in [0.3, 0.4) is 0 Å². The Hall–Kier alpha value is -2.93. The number of carbonyl (C=O) groups excluding carboxylic acids is 1. The molecule has 3 N–H and O–H groups in total. The molecule has 0 aliphatic carbocycles. The zero-order valence-electron chi connectivity index (χ0n) is 13.7. The normalized spacial score (nSPS) is 14.2. The van der Waals surface area contributed by atoms with Crippen molar-refractivity contribution in [2.24, 2.45) is 5.73 Å². The van der Waals surface area contributed by atoms with E-state index in [4.69, 9.17) is 10.2 Å². The second kappa shape index (κ2) is 6.52. The lowest BCUT2D eigenvalue weighted by atomic mass is 10.0. The highest BCUT2D eigenvalue weighted by atomic mass is 16.3. The average molecular weight is 337 g/mol. The van der Waals surface area contributed by atoms with Gasteiger partial charge in [0.05, 0.1) is 12.2 Å². The molecule has 3 aromatic rings. The zero-order chi connectivity index (χ0) is 17.2. The summed E-state index contributed by atoms with van der Waals surface area (Å²) in [6.45, 7) is 1.42. The van der Waals surface area contributed by atoms with Gasteiger partial charge in [0.1, 0.15) is 6.26 Å². The minimum atomic E-state index is -0.122. The van der Waals surface area contributed by atoms with E-state index in [1.807, 2.05) is 30.3 Å². The minimum Gasteiger partial charge on any atom is -0.447 e. The summed E-state index contributed by atoms with van der Waals surface area (Å²) in [5.74, 6) is 0.252. The largest absolute Gasteiger partial charge is 0.447 e. The first-order valence-corrected chi connectivity index (χ1v) is 8.31. The molecular weight excluding hydrogens is 318 g/mol. The Bertz CT molecular complexity index is 884. The number of hydrogen-bond acceptors (Lipinski definition) is 5. The van der Waals surface area contributed by atoms with Crippen molar-refractivity contribution in [3.63, 3.8) is 0 Å². The number of nitrogens with zero attached hydrogens (tertiary/aromatic N) is 3. The number of aromatic amines is 1. The Morgan fingerprint density at radius 3 is 2.80 bits per heavy atom. The average Bonchev–Trinajstić information content (AvgIpc) is 3.24. The summed E-state index contributed by atoms with van der Waals surface area (Å²) in [5, 5.41) is 7.62. The van der Waals surface area contributed by atoms with Crippen LogP contribution >= 0.6 is 0 Å². The number of carbonyl (C=O) groups is 1. The van der Waals surface area contributed by atoms with Crippen molar-refractivity contribution in [1.29, 1.82) is 0 Å². The fourth-order valence-electron chi connectivity index (χ4n) is 3.19. The molecule has 0 spiro atoms. The number of rotatable bonds is 3. The van der Waals surface area contributed by atoms with E-state index in [0.29, 0.717) is 24.7 Å². The molecule has 0 atom stereocenters. The summed E-state index contributed by atoms with van der Waals surface area (Å²) in [4.78, 5) is 18.6. The van der Waals surface area contributed by atoms with Gasteiger partial charge in [0, 0.05) is 36.3 Å². The maximum atomic E-state index is 12.6. The minimum absolute atomic E-state index is 0.122. The Balaban J connectivity index is 1.54. The number of benzene rings is 1. The summed E-state index contributed by atoms with van der Waals surface area (Å²) in [7, 11) is 0. The van der Waals surface area contributed by atoms with Crippen molar-refractivity contribution in [3.8, 4) is 11.3 Å². The fraction of sp³-hybridized carbons (Fsp3) is 0.278. The smallest absolute Gasteiger partial charge is 0.275 e. The van der Waals surface area contributed by atoms with Gasteiger partial charge in [-0.3, -0.25) is 9.89 Å². The first kappa shape index (κ1) is 15.6. The van der Waals surface area contributed by atoms with Crippen molar-refractivity contribution < 1.29 is 9.21 Å². The van der Waals surface area contributed by atoms with Crippen LogP contribution in [0.5, 0.6) is 0 Å². The SMILES string of the molecule is NCc1nc(C(=O)N2CCc3[nH]nc(-c4ccccc4)c3CC2)co1. The van der Waals surface area contributed by atoms with Gasteiger partial charge in [-0.2, -0.15) is 5.10 Å². The molecule has 0 saturated heterocycles. The number of nitrogens with one attached hydrogen (secondary N) is 1. The predicted molar refractivity (Wildman–Crippen MR) is 91.7 cm³/mol. The molecule has 0 bridgehead atoms. The highest BCUT2D eigenvalue weighted by Gasteiger charge is 2.25. The van der Waals surface area contributed by atoms with Gasteiger partial charge in [0.25, 0.3) is 5.91 Å². The molecule has 0 saturated carbocycles. The molecule has 1 aliphatic rings. The molecule has 7 heteroatoms. The van der Waals surface area contributed by atoms with Gasteiger partial charge < -0.3 is 15.1 Å². The van der Waals surface area contributed by atoms with Crippen LogP contribution in [-0.2, 0) is 19.4 Å². The van der Waals surface area contributed by atoms with Gasteiger partial charge in [-0.1, -0.05) is 30.3 Å². The van der Waals surface area contributed by atoms with E-state index in [1.165, 1.54) is 11.8 Å². The highest BCUT2D eigenvalue weighted by Crippen LogP contribution is 2.26. The van der Waals surface area contributed by atoms with Crippen molar-refractivity contribution in [3.05, 3.63) is 59.4 Å². The third-order valence-electron chi connectivity index (χ3n) is 4.50. The first-order valence-electron chi connectivity index (χ1n) is 8.31. The molecule has 2 aromatic heterocycles. The molecule has 25 heavy (non-hydrogen) atoms. The van der Waals surface area contributed by atoms with Crippen LogP contribution in [-0.4, -0.2) is 39.1 Å². The number of fused-ring (bicyclic) bond motifs is 1. The van der Waals surface area contributed by atoms with E-state index >= 15 is 0 Å². The first-order chi connectivity index (χ1) is 12.3. The molecule has 1 aromatic carbocycles. The maximum absolute atomic E-state index is 12.6.